The predicted octanol–water partition coefficient (Wildman–Crippen LogP) is 2.47. The van der Waals surface area contributed by atoms with Crippen LogP contribution < -0.4 is 15.8 Å². The van der Waals surface area contributed by atoms with Gasteiger partial charge in [0.1, 0.15) is 5.75 Å². The van der Waals surface area contributed by atoms with E-state index in [1.165, 1.54) is 0 Å². The Balaban J connectivity index is 2.58. The highest BCUT2D eigenvalue weighted by Gasteiger charge is 2.02. The molecule has 0 radical (unpaired) electrons. The third kappa shape index (κ3) is 4.76. The van der Waals surface area contributed by atoms with Gasteiger partial charge in [0, 0.05) is 6.54 Å². The standard InChI is InChI=1S/C13H21N3O/c1-10(2)8-9-15-13(14)16-11-6-4-5-7-12(11)17-3/h4-7,10H,8-9H2,1-3H3,(H3,14,15,16). The van der Waals surface area contributed by atoms with E-state index in [0.717, 1.165) is 24.4 Å². The van der Waals surface area contributed by atoms with E-state index in [0.29, 0.717) is 11.9 Å². The topological polar surface area (TPSA) is 59.6 Å². The molecule has 0 aliphatic rings. The van der Waals surface area contributed by atoms with Gasteiger partial charge >= 0.3 is 0 Å². The number of anilines is 1. The Hall–Kier alpha value is -1.71. The highest BCUT2D eigenvalue weighted by Crippen LogP contribution is 2.22. The number of nitrogens with zero attached hydrogens (tertiary/aromatic N) is 1. The van der Waals surface area contributed by atoms with Gasteiger partial charge in [0.2, 0.25) is 0 Å². The normalized spacial score (nSPS) is 11.6. The molecule has 4 nitrogen and oxygen atoms in total. The predicted molar refractivity (Wildman–Crippen MR) is 72.6 cm³/mol. The molecule has 0 fully saturated rings. The van der Waals surface area contributed by atoms with Crippen LogP contribution in [-0.4, -0.2) is 19.6 Å². The van der Waals surface area contributed by atoms with E-state index in [1.807, 2.05) is 24.3 Å². The zero-order valence-corrected chi connectivity index (χ0v) is 10.7. The maximum Gasteiger partial charge on any atom is 0.193 e. The molecule has 0 saturated carbocycles. The molecule has 0 atom stereocenters. The van der Waals surface area contributed by atoms with Crippen molar-refractivity contribution in [3.63, 3.8) is 0 Å². The van der Waals surface area contributed by atoms with Crippen molar-refractivity contribution in [1.29, 1.82) is 0 Å². The molecule has 1 aromatic carbocycles. The Morgan fingerprint density at radius 2 is 2.12 bits per heavy atom. The highest BCUT2D eigenvalue weighted by atomic mass is 16.5. The number of hydrogen-bond donors (Lipinski definition) is 2. The molecule has 0 bridgehead atoms. The van der Waals surface area contributed by atoms with E-state index in [2.05, 4.69) is 24.2 Å². The first-order valence-electron chi connectivity index (χ1n) is 5.83. The Bertz CT molecular complexity index is 375. The van der Waals surface area contributed by atoms with Gasteiger partial charge in [-0.25, -0.2) is 0 Å². The molecular formula is C13H21N3O. The van der Waals surface area contributed by atoms with Crippen molar-refractivity contribution in [2.45, 2.75) is 20.3 Å². The zero-order chi connectivity index (χ0) is 12.7. The molecule has 3 N–H and O–H groups in total. The van der Waals surface area contributed by atoms with Crippen molar-refractivity contribution in [1.82, 2.24) is 0 Å². The van der Waals surface area contributed by atoms with Gasteiger partial charge in [-0.2, -0.15) is 0 Å². The zero-order valence-electron chi connectivity index (χ0n) is 10.7. The summed E-state index contributed by atoms with van der Waals surface area (Å²) in [5.41, 5.74) is 6.63. The Kier molecular flexibility index (Phi) is 5.33. The molecule has 0 heterocycles. The summed E-state index contributed by atoms with van der Waals surface area (Å²) in [7, 11) is 1.63. The summed E-state index contributed by atoms with van der Waals surface area (Å²) in [4.78, 5) is 4.26. The number of benzene rings is 1. The van der Waals surface area contributed by atoms with Crippen molar-refractivity contribution >= 4 is 11.6 Å². The third-order valence-corrected chi connectivity index (χ3v) is 2.36. The van der Waals surface area contributed by atoms with Crippen LogP contribution in [0.15, 0.2) is 29.3 Å². The lowest BCUT2D eigenvalue weighted by Gasteiger charge is -2.10. The number of para-hydroxylation sites is 2. The molecule has 0 amide bonds. The Morgan fingerprint density at radius 3 is 2.76 bits per heavy atom. The van der Waals surface area contributed by atoms with Crippen LogP contribution in [0, 0.1) is 5.92 Å². The van der Waals surface area contributed by atoms with Gasteiger partial charge in [-0.05, 0) is 24.5 Å². The summed E-state index contributed by atoms with van der Waals surface area (Å²) in [6, 6.07) is 7.62. The minimum absolute atomic E-state index is 0.426. The maximum absolute atomic E-state index is 5.80. The summed E-state index contributed by atoms with van der Waals surface area (Å²) in [5.74, 6) is 1.82. The Labute approximate surface area is 103 Å². The fraction of sp³-hybridized carbons (Fsp3) is 0.462. The summed E-state index contributed by atoms with van der Waals surface area (Å²) >= 11 is 0. The number of nitrogens with two attached hydrogens (primary N) is 1. The van der Waals surface area contributed by atoms with Crippen LogP contribution in [-0.2, 0) is 0 Å². The SMILES string of the molecule is COc1ccccc1NC(N)=NCCC(C)C. The minimum Gasteiger partial charge on any atom is -0.495 e. The molecule has 0 spiro atoms. The lowest BCUT2D eigenvalue weighted by atomic mass is 10.1. The second-order valence-corrected chi connectivity index (χ2v) is 4.27. The second kappa shape index (κ2) is 6.78. The number of ether oxygens (including phenoxy) is 1. The molecule has 0 aliphatic carbocycles. The number of nitrogens with one attached hydrogen (secondary N) is 1. The fourth-order valence-electron chi connectivity index (χ4n) is 1.37. The van der Waals surface area contributed by atoms with Gasteiger partial charge in [-0.3, -0.25) is 4.99 Å². The molecule has 94 valence electrons. The highest BCUT2D eigenvalue weighted by molar-refractivity contribution is 5.93. The van der Waals surface area contributed by atoms with E-state index in [1.54, 1.807) is 7.11 Å². The first-order chi connectivity index (χ1) is 8.13. The van der Waals surface area contributed by atoms with Crippen molar-refractivity contribution in [2.24, 2.45) is 16.6 Å². The van der Waals surface area contributed by atoms with Gasteiger partial charge in [0.05, 0.1) is 12.8 Å². The van der Waals surface area contributed by atoms with Crippen molar-refractivity contribution in [3.8, 4) is 5.75 Å². The molecule has 0 unspecified atom stereocenters. The third-order valence-electron chi connectivity index (χ3n) is 2.36. The van der Waals surface area contributed by atoms with E-state index in [-0.39, 0.29) is 0 Å². The van der Waals surface area contributed by atoms with Crippen LogP contribution in [0.1, 0.15) is 20.3 Å². The van der Waals surface area contributed by atoms with Gasteiger partial charge < -0.3 is 15.8 Å². The van der Waals surface area contributed by atoms with Crippen LogP contribution in [0.2, 0.25) is 0 Å². The summed E-state index contributed by atoms with van der Waals surface area (Å²) < 4.78 is 5.22. The first-order valence-corrected chi connectivity index (χ1v) is 5.83. The largest absolute Gasteiger partial charge is 0.495 e. The average molecular weight is 235 g/mol. The quantitative estimate of drug-likeness (QED) is 0.609. The monoisotopic (exact) mass is 235 g/mol. The molecule has 17 heavy (non-hydrogen) atoms. The number of aliphatic imine (C=N–C) groups is 1. The molecule has 0 aliphatic heterocycles. The van der Waals surface area contributed by atoms with Crippen molar-refractivity contribution in [3.05, 3.63) is 24.3 Å². The summed E-state index contributed by atoms with van der Waals surface area (Å²) in [5, 5.41) is 3.04. The van der Waals surface area contributed by atoms with Gasteiger partial charge in [0.25, 0.3) is 0 Å². The van der Waals surface area contributed by atoms with E-state index >= 15 is 0 Å². The number of guanidine groups is 1. The van der Waals surface area contributed by atoms with E-state index in [9.17, 15) is 0 Å². The molecule has 4 heteroatoms. The number of hydrogen-bond acceptors (Lipinski definition) is 2. The lowest BCUT2D eigenvalue weighted by Crippen LogP contribution is -2.23. The van der Waals surface area contributed by atoms with Crippen molar-refractivity contribution < 1.29 is 4.74 Å². The van der Waals surface area contributed by atoms with Crippen LogP contribution in [0.4, 0.5) is 5.69 Å². The second-order valence-electron chi connectivity index (χ2n) is 4.27. The van der Waals surface area contributed by atoms with Crippen molar-refractivity contribution in [2.75, 3.05) is 19.0 Å². The minimum atomic E-state index is 0.426. The molecule has 0 aromatic heterocycles. The van der Waals surface area contributed by atoms with Gasteiger partial charge in [-0.15, -0.1) is 0 Å². The van der Waals surface area contributed by atoms with Gasteiger partial charge in [0.15, 0.2) is 5.96 Å². The molecular weight excluding hydrogens is 214 g/mol. The Morgan fingerprint density at radius 1 is 1.41 bits per heavy atom. The van der Waals surface area contributed by atoms with Crippen LogP contribution >= 0.6 is 0 Å². The summed E-state index contributed by atoms with van der Waals surface area (Å²) in [6.07, 6.45) is 1.04. The van der Waals surface area contributed by atoms with Crippen LogP contribution in [0.5, 0.6) is 5.75 Å². The fourth-order valence-corrected chi connectivity index (χ4v) is 1.37. The van der Waals surface area contributed by atoms with Crippen LogP contribution in [0.25, 0.3) is 0 Å². The van der Waals surface area contributed by atoms with E-state index in [4.69, 9.17) is 10.5 Å². The number of rotatable bonds is 5. The van der Waals surface area contributed by atoms with Gasteiger partial charge in [-0.1, -0.05) is 26.0 Å². The smallest absolute Gasteiger partial charge is 0.193 e. The number of methoxy groups -OCH3 is 1. The first kappa shape index (κ1) is 13.4. The average Bonchev–Trinajstić information content (AvgIpc) is 2.29. The van der Waals surface area contributed by atoms with Crippen LogP contribution in [0.3, 0.4) is 0 Å². The summed E-state index contributed by atoms with van der Waals surface area (Å²) in [6.45, 7) is 5.07. The van der Waals surface area contributed by atoms with E-state index < -0.39 is 0 Å². The maximum atomic E-state index is 5.80. The molecule has 1 rings (SSSR count). The molecule has 0 saturated heterocycles. The lowest BCUT2D eigenvalue weighted by molar-refractivity contribution is 0.417. The molecule has 1 aromatic rings.